The number of nitrogens with two attached hydrogens (primary N) is 1. The molecule has 0 saturated carbocycles. The second-order valence-corrected chi connectivity index (χ2v) is 3.04. The van der Waals surface area contributed by atoms with Crippen LogP contribution >= 0.6 is 0 Å². The summed E-state index contributed by atoms with van der Waals surface area (Å²) in [4.78, 5) is 4.49. The van der Waals surface area contributed by atoms with Gasteiger partial charge in [0.15, 0.2) is 0 Å². The molecule has 0 bridgehead atoms. The molecule has 3 N–H and O–H groups in total. The summed E-state index contributed by atoms with van der Waals surface area (Å²) < 4.78 is 0. The van der Waals surface area contributed by atoms with Gasteiger partial charge in [-0.25, -0.2) is 0 Å². The molecule has 2 atom stereocenters. The van der Waals surface area contributed by atoms with Gasteiger partial charge in [-0.1, -0.05) is 24.3 Å². The molecule has 3 heteroatoms. The normalized spacial score (nSPS) is 31.2. The van der Waals surface area contributed by atoms with Gasteiger partial charge in [-0.15, -0.1) is 0 Å². The van der Waals surface area contributed by atoms with Crippen LogP contribution in [0.4, 0.5) is 0 Å². The van der Waals surface area contributed by atoms with Crippen LogP contribution in [0.25, 0.3) is 0 Å². The molecular formula is C9H13N3. The van der Waals surface area contributed by atoms with Crippen LogP contribution in [0.15, 0.2) is 29.3 Å². The Bertz CT molecular complexity index is 252. The Morgan fingerprint density at radius 2 is 2.25 bits per heavy atom. The van der Waals surface area contributed by atoms with E-state index in [9.17, 15) is 0 Å². The summed E-state index contributed by atoms with van der Waals surface area (Å²) in [6.07, 6.45) is 9.19. The van der Waals surface area contributed by atoms with Gasteiger partial charge in [0.1, 0.15) is 0 Å². The number of nitrogens with one attached hydrogen (secondary N) is 1. The van der Waals surface area contributed by atoms with Gasteiger partial charge in [0, 0.05) is 6.42 Å². The number of amidine groups is 1. The maximum absolute atomic E-state index is 5.44. The molecule has 3 nitrogen and oxygen atoms in total. The molecule has 0 saturated heterocycles. The van der Waals surface area contributed by atoms with Crippen molar-refractivity contribution in [2.24, 2.45) is 10.7 Å². The lowest BCUT2D eigenvalue weighted by Crippen LogP contribution is -2.33. The molecule has 12 heavy (non-hydrogen) atoms. The highest BCUT2D eigenvalue weighted by Gasteiger charge is 2.24. The molecule has 0 aromatic rings. The number of aliphatic imine (C=N–C) groups is 1. The summed E-state index contributed by atoms with van der Waals surface area (Å²) in [5.41, 5.74) is 5.44. The first-order chi connectivity index (χ1) is 5.90. The minimum absolute atomic E-state index is 0.302. The van der Waals surface area contributed by atoms with Gasteiger partial charge >= 0.3 is 0 Å². The quantitative estimate of drug-likeness (QED) is 0.611. The molecule has 2 rings (SSSR count). The molecular weight excluding hydrogens is 150 g/mol. The van der Waals surface area contributed by atoms with E-state index in [0.717, 1.165) is 12.3 Å². The lowest BCUT2D eigenvalue weighted by Gasteiger charge is -2.13. The predicted molar refractivity (Wildman–Crippen MR) is 50.1 cm³/mol. The van der Waals surface area contributed by atoms with E-state index >= 15 is 0 Å². The number of hydrogen-bond acceptors (Lipinski definition) is 3. The molecule has 0 amide bonds. The van der Waals surface area contributed by atoms with Crippen molar-refractivity contribution in [1.82, 2.24) is 5.32 Å². The van der Waals surface area contributed by atoms with Crippen molar-refractivity contribution in [2.45, 2.75) is 18.5 Å². The van der Waals surface area contributed by atoms with E-state index in [4.69, 9.17) is 5.73 Å². The molecule has 0 aromatic carbocycles. The second kappa shape index (κ2) is 3.11. The summed E-state index contributed by atoms with van der Waals surface area (Å²) in [6.45, 7) is 0.665. The van der Waals surface area contributed by atoms with Crippen molar-refractivity contribution >= 4 is 5.84 Å². The number of allylic oxidation sites excluding steroid dienone is 2. The smallest absolute Gasteiger partial charge is 0.0989 e. The highest BCUT2D eigenvalue weighted by Crippen LogP contribution is 2.14. The third kappa shape index (κ3) is 1.28. The van der Waals surface area contributed by atoms with Crippen molar-refractivity contribution in [3.63, 3.8) is 0 Å². The van der Waals surface area contributed by atoms with E-state index in [2.05, 4.69) is 28.5 Å². The van der Waals surface area contributed by atoms with Crippen LogP contribution in [-0.2, 0) is 0 Å². The van der Waals surface area contributed by atoms with Crippen LogP contribution in [0.1, 0.15) is 6.42 Å². The van der Waals surface area contributed by atoms with Gasteiger partial charge in [-0.2, -0.15) is 0 Å². The van der Waals surface area contributed by atoms with Gasteiger partial charge in [-0.3, -0.25) is 4.99 Å². The van der Waals surface area contributed by atoms with Crippen LogP contribution < -0.4 is 11.1 Å². The average Bonchev–Trinajstić information content (AvgIpc) is 2.47. The van der Waals surface area contributed by atoms with Gasteiger partial charge in [0.2, 0.25) is 0 Å². The standard InChI is InChI=1S/C9H13N3/c10-6-5-9-11-7-3-1-2-4-8(7)12-9/h1-4,7-8H,5-6,10H2,(H,11,12). The minimum Gasteiger partial charge on any atom is -0.365 e. The zero-order valence-corrected chi connectivity index (χ0v) is 6.90. The van der Waals surface area contributed by atoms with Crippen LogP contribution in [0.3, 0.4) is 0 Å². The number of fused-ring (bicyclic) bond motifs is 1. The number of nitrogens with zero attached hydrogens (tertiary/aromatic N) is 1. The van der Waals surface area contributed by atoms with Gasteiger partial charge < -0.3 is 11.1 Å². The Morgan fingerprint density at radius 3 is 3.00 bits per heavy atom. The molecule has 0 fully saturated rings. The molecule has 1 aliphatic carbocycles. The molecule has 64 valence electrons. The second-order valence-electron chi connectivity index (χ2n) is 3.04. The van der Waals surface area contributed by atoms with Crippen molar-refractivity contribution < 1.29 is 0 Å². The number of rotatable bonds is 2. The Balaban J connectivity index is 2.06. The van der Waals surface area contributed by atoms with Crippen molar-refractivity contribution in [1.29, 1.82) is 0 Å². The molecule has 0 spiro atoms. The Hall–Kier alpha value is -1.09. The maximum atomic E-state index is 5.44. The third-order valence-electron chi connectivity index (χ3n) is 2.13. The summed E-state index contributed by atoms with van der Waals surface area (Å²) in [7, 11) is 0. The third-order valence-corrected chi connectivity index (χ3v) is 2.13. The van der Waals surface area contributed by atoms with E-state index in [1.165, 1.54) is 0 Å². The SMILES string of the molecule is NCCC1=NC2C=CC=CC2N1. The van der Waals surface area contributed by atoms with Gasteiger partial charge in [0.25, 0.3) is 0 Å². The van der Waals surface area contributed by atoms with Gasteiger partial charge in [-0.05, 0) is 6.54 Å². The predicted octanol–water partition coefficient (Wildman–Crippen LogP) is 0.200. The van der Waals surface area contributed by atoms with E-state index in [1.54, 1.807) is 0 Å². The van der Waals surface area contributed by atoms with Crippen LogP contribution in [0, 0.1) is 0 Å². The fourth-order valence-electron chi connectivity index (χ4n) is 1.54. The average molecular weight is 163 g/mol. The van der Waals surface area contributed by atoms with E-state index in [-0.39, 0.29) is 0 Å². The zero-order valence-electron chi connectivity index (χ0n) is 6.90. The molecule has 0 aromatic heterocycles. The summed E-state index contributed by atoms with van der Waals surface area (Å²) in [5.74, 6) is 1.05. The molecule has 1 heterocycles. The molecule has 0 radical (unpaired) electrons. The highest BCUT2D eigenvalue weighted by atomic mass is 15.1. The van der Waals surface area contributed by atoms with E-state index in [1.807, 2.05) is 6.08 Å². The topological polar surface area (TPSA) is 50.4 Å². The largest absolute Gasteiger partial charge is 0.365 e. The molecule has 2 aliphatic rings. The first kappa shape index (κ1) is 7.55. The zero-order chi connectivity index (χ0) is 8.39. The fraction of sp³-hybridized carbons (Fsp3) is 0.444. The van der Waals surface area contributed by atoms with Gasteiger partial charge in [0.05, 0.1) is 17.9 Å². The van der Waals surface area contributed by atoms with E-state index < -0.39 is 0 Å². The molecule has 1 aliphatic heterocycles. The summed E-state index contributed by atoms with van der Waals surface area (Å²) >= 11 is 0. The molecule has 2 unspecified atom stereocenters. The first-order valence-electron chi connectivity index (χ1n) is 4.28. The number of hydrogen-bond donors (Lipinski definition) is 2. The van der Waals surface area contributed by atoms with Crippen LogP contribution in [-0.4, -0.2) is 24.5 Å². The van der Waals surface area contributed by atoms with Crippen LogP contribution in [0.2, 0.25) is 0 Å². The highest BCUT2D eigenvalue weighted by molar-refractivity contribution is 5.85. The van der Waals surface area contributed by atoms with Crippen LogP contribution in [0.5, 0.6) is 0 Å². The Kier molecular flexibility index (Phi) is 1.96. The monoisotopic (exact) mass is 163 g/mol. The van der Waals surface area contributed by atoms with Crippen molar-refractivity contribution in [2.75, 3.05) is 6.54 Å². The van der Waals surface area contributed by atoms with E-state index in [0.29, 0.717) is 18.6 Å². The van der Waals surface area contributed by atoms with Crippen molar-refractivity contribution in [3.05, 3.63) is 24.3 Å². The first-order valence-corrected chi connectivity index (χ1v) is 4.28. The summed E-state index contributed by atoms with van der Waals surface area (Å²) in [6, 6.07) is 0.674. The summed E-state index contributed by atoms with van der Waals surface area (Å²) in [5, 5.41) is 3.33. The maximum Gasteiger partial charge on any atom is 0.0989 e. The lowest BCUT2D eigenvalue weighted by atomic mass is 10.1. The van der Waals surface area contributed by atoms with Crippen molar-refractivity contribution in [3.8, 4) is 0 Å². The lowest BCUT2D eigenvalue weighted by molar-refractivity contribution is 0.693. The Morgan fingerprint density at radius 1 is 1.42 bits per heavy atom. The Labute approximate surface area is 72.1 Å². The fourth-order valence-corrected chi connectivity index (χ4v) is 1.54. The minimum atomic E-state index is 0.302.